The molecular weight excluding hydrogens is 472 g/mol. The van der Waals surface area contributed by atoms with Crippen molar-refractivity contribution in [1.29, 1.82) is 0 Å². The number of rotatable bonds is 6. The Hall–Kier alpha value is -3.10. The number of benzene rings is 1. The molecule has 0 unspecified atom stereocenters. The van der Waals surface area contributed by atoms with E-state index in [1.807, 2.05) is 64.0 Å². The van der Waals surface area contributed by atoms with E-state index in [0.717, 1.165) is 5.56 Å². The van der Waals surface area contributed by atoms with Crippen LogP contribution in [0.2, 0.25) is 5.02 Å². The third kappa shape index (κ3) is 4.35. The summed E-state index contributed by atoms with van der Waals surface area (Å²) in [6.45, 7) is 6.84. The zero-order chi connectivity index (χ0) is 24.6. The van der Waals surface area contributed by atoms with Crippen LogP contribution in [0, 0.1) is 0 Å². The number of furan rings is 1. The number of likely N-dealkylation sites (N-methyl/N-ethyl adjacent to an activating group) is 1. The Balaban J connectivity index is 1.93. The van der Waals surface area contributed by atoms with Crippen molar-refractivity contribution in [3.05, 3.63) is 83.7 Å². The Labute approximate surface area is 206 Å². The highest BCUT2D eigenvalue weighted by Crippen LogP contribution is 2.31. The van der Waals surface area contributed by atoms with E-state index in [1.54, 1.807) is 27.7 Å². The molecule has 9 heteroatoms. The van der Waals surface area contributed by atoms with Crippen LogP contribution in [-0.4, -0.2) is 42.6 Å². The summed E-state index contributed by atoms with van der Waals surface area (Å²) in [5.74, 6) is 1.15. The fraction of sp³-hybridized carbons (Fsp3) is 0.320. The molecule has 1 aliphatic heterocycles. The smallest absolute Gasteiger partial charge is 0.271 e. The number of amides is 1. The summed E-state index contributed by atoms with van der Waals surface area (Å²) >= 11 is 7.42. The Morgan fingerprint density at radius 2 is 1.85 bits per heavy atom. The van der Waals surface area contributed by atoms with Crippen molar-refractivity contribution in [2.24, 2.45) is 4.99 Å². The molecule has 1 atom stereocenters. The van der Waals surface area contributed by atoms with E-state index in [4.69, 9.17) is 16.0 Å². The summed E-state index contributed by atoms with van der Waals surface area (Å²) in [4.78, 5) is 36.0. The van der Waals surface area contributed by atoms with Gasteiger partial charge in [-0.2, -0.15) is 0 Å². The van der Waals surface area contributed by atoms with Gasteiger partial charge in [0.2, 0.25) is 0 Å². The molecule has 3 aromatic rings. The van der Waals surface area contributed by atoms with Gasteiger partial charge in [0.25, 0.3) is 11.5 Å². The van der Waals surface area contributed by atoms with Crippen molar-refractivity contribution in [3.8, 4) is 0 Å². The van der Waals surface area contributed by atoms with Crippen LogP contribution in [0.5, 0.6) is 0 Å². The van der Waals surface area contributed by atoms with Crippen LogP contribution >= 0.6 is 22.9 Å². The minimum Gasteiger partial charge on any atom is -0.441 e. The van der Waals surface area contributed by atoms with Gasteiger partial charge < -0.3 is 14.2 Å². The highest BCUT2D eigenvalue weighted by molar-refractivity contribution is 7.07. The number of nitrogens with zero attached hydrogens (tertiary/aromatic N) is 4. The predicted octanol–water partition coefficient (Wildman–Crippen LogP) is 3.42. The average molecular weight is 499 g/mol. The maximum atomic E-state index is 13.6. The molecule has 1 aromatic carbocycles. The summed E-state index contributed by atoms with van der Waals surface area (Å²) in [6.07, 6.45) is 1.72. The molecule has 7 nitrogen and oxygen atoms in total. The molecular formula is C25H27ClN4O3S. The van der Waals surface area contributed by atoms with Crippen LogP contribution in [0.1, 0.15) is 38.1 Å². The van der Waals surface area contributed by atoms with Gasteiger partial charge in [0.15, 0.2) is 10.7 Å². The van der Waals surface area contributed by atoms with E-state index >= 15 is 0 Å². The quantitative estimate of drug-likeness (QED) is 0.522. The second-order valence-electron chi connectivity index (χ2n) is 8.18. The lowest BCUT2D eigenvalue weighted by Crippen LogP contribution is -2.43. The molecule has 0 fully saturated rings. The largest absolute Gasteiger partial charge is 0.441 e. The number of halogens is 1. The molecule has 178 valence electrons. The van der Waals surface area contributed by atoms with E-state index in [0.29, 0.717) is 50.4 Å². The van der Waals surface area contributed by atoms with Gasteiger partial charge in [0.1, 0.15) is 5.76 Å². The molecule has 1 amide bonds. The lowest BCUT2D eigenvalue weighted by molar-refractivity contribution is -0.127. The second kappa shape index (κ2) is 9.64. The second-order valence-corrected chi connectivity index (χ2v) is 9.63. The molecule has 0 bridgehead atoms. The predicted molar refractivity (Wildman–Crippen MR) is 136 cm³/mol. The topological polar surface area (TPSA) is 71.1 Å². The maximum Gasteiger partial charge on any atom is 0.271 e. The van der Waals surface area contributed by atoms with Gasteiger partial charge in [-0.3, -0.25) is 14.2 Å². The van der Waals surface area contributed by atoms with Gasteiger partial charge in [-0.25, -0.2) is 4.99 Å². The van der Waals surface area contributed by atoms with Crippen molar-refractivity contribution < 1.29 is 9.21 Å². The molecule has 0 aliphatic carbocycles. The SMILES string of the molecule is CCN(CC)C(=O)C1=C(C)N=c2s/c(=C/c3ccc(N(C)C)o3)c(=O)n2[C@H]1c1ccc(Cl)cc1. The summed E-state index contributed by atoms with van der Waals surface area (Å²) in [5.41, 5.74) is 1.69. The number of carbonyl (C=O) groups excluding carboxylic acids is 1. The molecule has 0 saturated carbocycles. The van der Waals surface area contributed by atoms with Crippen LogP contribution in [-0.2, 0) is 4.79 Å². The van der Waals surface area contributed by atoms with Crippen molar-refractivity contribution in [2.45, 2.75) is 26.8 Å². The first-order valence-electron chi connectivity index (χ1n) is 11.1. The number of aromatic nitrogens is 1. The van der Waals surface area contributed by atoms with Gasteiger partial charge in [-0.1, -0.05) is 35.1 Å². The van der Waals surface area contributed by atoms with E-state index in [-0.39, 0.29) is 11.5 Å². The van der Waals surface area contributed by atoms with Gasteiger partial charge in [0.05, 0.1) is 21.8 Å². The fourth-order valence-electron chi connectivity index (χ4n) is 4.03. The van der Waals surface area contributed by atoms with Crippen molar-refractivity contribution >= 4 is 40.8 Å². The van der Waals surface area contributed by atoms with Crippen LogP contribution in [0.4, 0.5) is 5.88 Å². The third-order valence-electron chi connectivity index (χ3n) is 5.82. The lowest BCUT2D eigenvalue weighted by Gasteiger charge is -2.29. The molecule has 4 rings (SSSR count). The molecule has 2 aromatic heterocycles. The molecule has 1 aliphatic rings. The van der Waals surface area contributed by atoms with Gasteiger partial charge in [-0.05, 0) is 44.5 Å². The molecule has 0 spiro atoms. The number of carbonyl (C=O) groups is 1. The number of fused-ring (bicyclic) bond motifs is 1. The standard InChI is InChI=1S/C25H27ClN4O3S/c1-6-29(7-2)24(32)21-15(3)27-25-30(22(21)16-8-10-17(26)11-9-16)23(31)19(34-25)14-18-12-13-20(33-18)28(4)5/h8-14,22H,6-7H2,1-5H3/b19-14+/t22-/m0/s1. The van der Waals surface area contributed by atoms with E-state index in [9.17, 15) is 9.59 Å². The lowest BCUT2D eigenvalue weighted by atomic mass is 9.94. The number of thiazole rings is 1. The third-order valence-corrected chi connectivity index (χ3v) is 7.05. The molecule has 0 radical (unpaired) electrons. The normalized spacial score (nSPS) is 15.8. The Morgan fingerprint density at radius 1 is 1.18 bits per heavy atom. The zero-order valence-corrected chi connectivity index (χ0v) is 21.4. The van der Waals surface area contributed by atoms with Crippen LogP contribution in [0.3, 0.4) is 0 Å². The fourth-order valence-corrected chi connectivity index (χ4v) is 5.18. The molecule has 3 heterocycles. The molecule has 0 N–H and O–H groups in total. The summed E-state index contributed by atoms with van der Waals surface area (Å²) in [6, 6.07) is 10.3. The minimum atomic E-state index is -0.599. The van der Waals surface area contributed by atoms with Crippen LogP contribution < -0.4 is 19.8 Å². The zero-order valence-electron chi connectivity index (χ0n) is 19.8. The first-order chi connectivity index (χ1) is 16.2. The van der Waals surface area contributed by atoms with E-state index in [2.05, 4.69) is 4.99 Å². The number of anilines is 1. The van der Waals surface area contributed by atoms with Gasteiger partial charge in [0, 0.05) is 44.3 Å². The van der Waals surface area contributed by atoms with E-state index < -0.39 is 6.04 Å². The van der Waals surface area contributed by atoms with Gasteiger partial charge in [-0.15, -0.1) is 0 Å². The Bertz CT molecular complexity index is 1430. The highest BCUT2D eigenvalue weighted by atomic mass is 35.5. The summed E-state index contributed by atoms with van der Waals surface area (Å²) in [7, 11) is 3.78. The summed E-state index contributed by atoms with van der Waals surface area (Å²) in [5, 5.41) is 0.586. The van der Waals surface area contributed by atoms with Crippen molar-refractivity contribution in [2.75, 3.05) is 32.1 Å². The van der Waals surface area contributed by atoms with E-state index in [1.165, 1.54) is 11.3 Å². The minimum absolute atomic E-state index is 0.123. The Morgan fingerprint density at radius 3 is 2.44 bits per heavy atom. The number of hydrogen-bond donors (Lipinski definition) is 0. The number of allylic oxidation sites excluding steroid dienone is 1. The van der Waals surface area contributed by atoms with Crippen molar-refractivity contribution in [3.63, 3.8) is 0 Å². The van der Waals surface area contributed by atoms with Crippen LogP contribution in [0.15, 0.2) is 61.9 Å². The summed E-state index contributed by atoms with van der Waals surface area (Å²) < 4.78 is 7.91. The number of hydrogen-bond acceptors (Lipinski definition) is 6. The first-order valence-corrected chi connectivity index (χ1v) is 12.3. The Kier molecular flexibility index (Phi) is 6.81. The van der Waals surface area contributed by atoms with Crippen LogP contribution in [0.25, 0.3) is 6.08 Å². The maximum absolute atomic E-state index is 13.6. The molecule has 0 saturated heterocycles. The highest BCUT2D eigenvalue weighted by Gasteiger charge is 2.34. The first kappa shape index (κ1) is 24.0. The van der Waals surface area contributed by atoms with Crippen molar-refractivity contribution in [1.82, 2.24) is 9.47 Å². The molecule has 34 heavy (non-hydrogen) atoms. The monoisotopic (exact) mass is 498 g/mol. The van der Waals surface area contributed by atoms with Gasteiger partial charge >= 0.3 is 0 Å². The average Bonchev–Trinajstić information content (AvgIpc) is 3.39.